The van der Waals surface area contributed by atoms with Gasteiger partial charge in [-0.05, 0) is 25.0 Å². The van der Waals surface area contributed by atoms with E-state index in [0.717, 1.165) is 41.9 Å². The Labute approximate surface area is 144 Å². The van der Waals surface area contributed by atoms with Crippen LogP contribution in [0.4, 0.5) is 0 Å². The summed E-state index contributed by atoms with van der Waals surface area (Å²) in [6, 6.07) is 4.24. The summed E-state index contributed by atoms with van der Waals surface area (Å²) >= 11 is 0. The van der Waals surface area contributed by atoms with Gasteiger partial charge in [0.2, 0.25) is 5.91 Å². The van der Waals surface area contributed by atoms with Crippen molar-refractivity contribution in [2.45, 2.75) is 44.2 Å². The number of nitrogens with one attached hydrogen (secondary N) is 1. The number of aryl methyl sites for hydroxylation is 1. The summed E-state index contributed by atoms with van der Waals surface area (Å²) in [5, 5.41) is 0. The van der Waals surface area contributed by atoms with E-state index in [0.29, 0.717) is 18.5 Å². The second-order valence-corrected chi connectivity index (χ2v) is 6.73. The minimum atomic E-state index is 0.139. The molecule has 2 unspecified atom stereocenters. The fraction of sp³-hybridized carbons (Fsp3) is 0.389. The van der Waals surface area contributed by atoms with Gasteiger partial charge in [0.25, 0.3) is 0 Å². The number of amides is 1. The smallest absolute Gasteiger partial charge is 0.223 e. The zero-order chi connectivity index (χ0) is 16.8. The van der Waals surface area contributed by atoms with Gasteiger partial charge in [0.15, 0.2) is 5.65 Å². The zero-order valence-corrected chi connectivity index (χ0v) is 13.7. The summed E-state index contributed by atoms with van der Waals surface area (Å²) < 4.78 is 0. The summed E-state index contributed by atoms with van der Waals surface area (Å²) in [6.07, 6.45) is 9.15. The van der Waals surface area contributed by atoms with Crippen LogP contribution < -0.4 is 0 Å². The van der Waals surface area contributed by atoms with Crippen molar-refractivity contribution in [2.24, 2.45) is 0 Å². The number of carbonyl (C=O) groups excluding carboxylic acids is 1. The van der Waals surface area contributed by atoms with Gasteiger partial charge in [-0.15, -0.1) is 0 Å². The average Bonchev–Trinajstić information content (AvgIpc) is 3.20. The Balaban J connectivity index is 1.33. The lowest BCUT2D eigenvalue weighted by Gasteiger charge is -2.35. The molecule has 2 atom stereocenters. The van der Waals surface area contributed by atoms with Gasteiger partial charge in [0.1, 0.15) is 12.2 Å². The molecule has 7 heteroatoms. The molecule has 5 rings (SSSR count). The first-order valence-corrected chi connectivity index (χ1v) is 8.69. The third-order valence-electron chi connectivity index (χ3n) is 5.29. The standard InChI is InChI=1S/C18H18N6O/c25-17(6-5-16-22-13-2-1-7-20-18(13)23-16)24-11-3-4-15(24)12-9-19-10-21-14(12)8-11/h1-2,7,9-11,15H,3-6,8H2,(H,20,22,23). The molecular weight excluding hydrogens is 316 g/mol. The van der Waals surface area contributed by atoms with Crippen LogP contribution in [0.25, 0.3) is 11.2 Å². The van der Waals surface area contributed by atoms with Crippen molar-refractivity contribution in [3.05, 3.63) is 47.9 Å². The largest absolute Gasteiger partial charge is 0.341 e. The lowest BCUT2D eigenvalue weighted by atomic mass is 9.99. The Hall–Kier alpha value is -2.83. The number of hydrogen-bond donors (Lipinski definition) is 1. The summed E-state index contributed by atoms with van der Waals surface area (Å²) in [4.78, 5) is 35.4. The molecule has 2 bridgehead atoms. The van der Waals surface area contributed by atoms with E-state index in [9.17, 15) is 4.79 Å². The molecule has 3 aromatic rings. The lowest BCUT2D eigenvalue weighted by molar-refractivity contribution is -0.134. The Morgan fingerprint density at radius 1 is 1.32 bits per heavy atom. The molecule has 0 saturated carbocycles. The van der Waals surface area contributed by atoms with Crippen LogP contribution in [0.1, 0.15) is 42.4 Å². The van der Waals surface area contributed by atoms with Crippen LogP contribution in [-0.2, 0) is 17.6 Å². The van der Waals surface area contributed by atoms with Crippen LogP contribution in [0.2, 0.25) is 0 Å². The van der Waals surface area contributed by atoms with E-state index in [4.69, 9.17) is 0 Å². The summed E-state index contributed by atoms with van der Waals surface area (Å²) in [5.41, 5.74) is 3.84. The quantitative estimate of drug-likeness (QED) is 0.791. The molecule has 0 aromatic carbocycles. The Bertz CT molecular complexity index is 918. The zero-order valence-electron chi connectivity index (χ0n) is 13.7. The molecule has 1 N–H and O–H groups in total. The van der Waals surface area contributed by atoms with Crippen LogP contribution in [0, 0.1) is 0 Å². The molecule has 7 nitrogen and oxygen atoms in total. The van der Waals surface area contributed by atoms with E-state index in [1.807, 2.05) is 18.3 Å². The predicted molar refractivity (Wildman–Crippen MR) is 90.6 cm³/mol. The number of nitrogens with zero attached hydrogens (tertiary/aromatic N) is 5. The number of fused-ring (bicyclic) bond motifs is 5. The third kappa shape index (κ3) is 2.38. The molecule has 3 aromatic heterocycles. The summed E-state index contributed by atoms with van der Waals surface area (Å²) in [5.74, 6) is 1.01. The first-order valence-electron chi connectivity index (χ1n) is 8.69. The Morgan fingerprint density at radius 2 is 2.28 bits per heavy atom. The fourth-order valence-corrected chi connectivity index (χ4v) is 4.17. The van der Waals surface area contributed by atoms with Gasteiger partial charge >= 0.3 is 0 Å². The molecular formula is C18H18N6O. The molecule has 2 aliphatic rings. The van der Waals surface area contributed by atoms with Crippen LogP contribution >= 0.6 is 0 Å². The number of hydrogen-bond acceptors (Lipinski definition) is 5. The monoisotopic (exact) mass is 334 g/mol. The van der Waals surface area contributed by atoms with Crippen molar-refractivity contribution >= 4 is 17.1 Å². The van der Waals surface area contributed by atoms with Crippen LogP contribution in [0.5, 0.6) is 0 Å². The van der Waals surface area contributed by atoms with Gasteiger partial charge in [0, 0.05) is 43.3 Å². The average molecular weight is 334 g/mol. The van der Waals surface area contributed by atoms with Crippen molar-refractivity contribution in [1.82, 2.24) is 29.8 Å². The van der Waals surface area contributed by atoms with E-state index in [2.05, 4.69) is 29.8 Å². The van der Waals surface area contributed by atoms with Gasteiger partial charge in [-0.25, -0.2) is 19.9 Å². The van der Waals surface area contributed by atoms with Crippen molar-refractivity contribution in [2.75, 3.05) is 0 Å². The van der Waals surface area contributed by atoms with Crippen LogP contribution in [-0.4, -0.2) is 41.8 Å². The molecule has 1 saturated heterocycles. The van der Waals surface area contributed by atoms with Gasteiger partial charge in [-0.2, -0.15) is 0 Å². The van der Waals surface area contributed by atoms with E-state index in [1.54, 1.807) is 12.5 Å². The predicted octanol–water partition coefficient (Wildman–Crippen LogP) is 1.97. The molecule has 1 fully saturated rings. The number of pyridine rings is 1. The topological polar surface area (TPSA) is 87.7 Å². The molecule has 1 amide bonds. The highest BCUT2D eigenvalue weighted by atomic mass is 16.2. The maximum atomic E-state index is 12.9. The Morgan fingerprint density at radius 3 is 3.20 bits per heavy atom. The minimum Gasteiger partial charge on any atom is -0.341 e. The van der Waals surface area contributed by atoms with Gasteiger partial charge in [0.05, 0.1) is 17.3 Å². The maximum Gasteiger partial charge on any atom is 0.223 e. The summed E-state index contributed by atoms with van der Waals surface area (Å²) in [7, 11) is 0. The number of rotatable bonds is 3. The van der Waals surface area contributed by atoms with Crippen LogP contribution in [0.15, 0.2) is 30.9 Å². The van der Waals surface area contributed by atoms with Gasteiger partial charge < -0.3 is 9.88 Å². The number of aromatic amines is 1. The fourth-order valence-electron chi connectivity index (χ4n) is 4.17. The SMILES string of the molecule is O=C(CCc1nc2ncccc2[nH]1)N1C2CCC1c1cncnc1C2. The normalized spacial score (nSPS) is 21.5. The highest BCUT2D eigenvalue weighted by Crippen LogP contribution is 2.42. The molecule has 2 aliphatic heterocycles. The lowest BCUT2D eigenvalue weighted by Crippen LogP contribution is -2.42. The van der Waals surface area contributed by atoms with E-state index >= 15 is 0 Å². The Kier molecular flexibility index (Phi) is 3.26. The second kappa shape index (κ2) is 5.61. The molecule has 0 aliphatic carbocycles. The van der Waals surface area contributed by atoms with Crippen LogP contribution in [0.3, 0.4) is 0 Å². The maximum absolute atomic E-state index is 12.9. The summed E-state index contributed by atoms with van der Waals surface area (Å²) in [6.45, 7) is 0. The number of aromatic nitrogens is 5. The molecule has 25 heavy (non-hydrogen) atoms. The highest BCUT2D eigenvalue weighted by Gasteiger charge is 2.42. The number of H-pyrrole nitrogens is 1. The van der Waals surface area contributed by atoms with Crippen molar-refractivity contribution in [3.8, 4) is 0 Å². The second-order valence-electron chi connectivity index (χ2n) is 6.73. The van der Waals surface area contributed by atoms with Crippen molar-refractivity contribution in [1.29, 1.82) is 0 Å². The first-order chi connectivity index (χ1) is 12.3. The third-order valence-corrected chi connectivity index (χ3v) is 5.29. The highest BCUT2D eigenvalue weighted by molar-refractivity contribution is 5.78. The van der Waals surface area contributed by atoms with Gasteiger partial charge in [-0.1, -0.05) is 0 Å². The molecule has 0 spiro atoms. The van der Waals surface area contributed by atoms with E-state index in [1.165, 1.54) is 0 Å². The van der Waals surface area contributed by atoms with Crippen molar-refractivity contribution in [3.63, 3.8) is 0 Å². The number of carbonyl (C=O) groups is 1. The molecule has 0 radical (unpaired) electrons. The molecule has 126 valence electrons. The van der Waals surface area contributed by atoms with Crippen molar-refractivity contribution < 1.29 is 4.79 Å². The first kappa shape index (κ1) is 14.5. The van der Waals surface area contributed by atoms with E-state index < -0.39 is 0 Å². The minimum absolute atomic E-state index is 0.139. The van der Waals surface area contributed by atoms with E-state index in [-0.39, 0.29) is 18.0 Å². The number of imidazole rings is 1. The van der Waals surface area contributed by atoms with Gasteiger partial charge in [-0.3, -0.25) is 4.79 Å². The molecule has 5 heterocycles.